The summed E-state index contributed by atoms with van der Waals surface area (Å²) in [4.78, 5) is 2.45. The minimum absolute atomic E-state index is 1.11. The number of hydrogen-bond acceptors (Lipinski definition) is 1. The molecule has 2 rings (SSSR count). The average molecular weight is 187 g/mol. The predicted octanol–water partition coefficient (Wildman–Crippen LogP) is 2.93. The monoisotopic (exact) mass is 187 g/mol. The fourth-order valence-corrected chi connectivity index (χ4v) is 2.20. The molecule has 0 unspecified atom stereocenters. The second-order valence-corrected chi connectivity index (χ2v) is 3.66. The molecule has 1 heterocycles. The lowest BCUT2D eigenvalue weighted by molar-refractivity contribution is 0.410. The Morgan fingerprint density at radius 3 is 2.86 bits per heavy atom. The lowest BCUT2D eigenvalue weighted by atomic mass is 9.96. The predicted molar refractivity (Wildman–Crippen MR) is 61.0 cm³/mol. The molecule has 0 amide bonds. The highest BCUT2D eigenvalue weighted by molar-refractivity contribution is 5.68. The molecule has 1 heteroatoms. The first-order valence-corrected chi connectivity index (χ1v) is 5.36. The summed E-state index contributed by atoms with van der Waals surface area (Å²) in [5.41, 5.74) is 4.31. The minimum atomic E-state index is 1.11. The number of hydrogen-bond donors (Lipinski definition) is 0. The van der Waals surface area contributed by atoms with Crippen molar-refractivity contribution in [1.29, 1.82) is 0 Å². The maximum atomic E-state index is 2.45. The molecule has 1 aliphatic rings. The van der Waals surface area contributed by atoms with Gasteiger partial charge in [-0.1, -0.05) is 30.3 Å². The standard InChI is InChI=1S/C13H17N/c1-3-13-12-8-6-5-7-11(12)9-10-14(13)4-2/h3,5-8H,4,9-10H2,1-2H3/b13-3-. The smallest absolute Gasteiger partial charge is 0.0399 e. The Bertz CT molecular complexity index is 352. The van der Waals surface area contributed by atoms with Gasteiger partial charge in [0.05, 0.1) is 0 Å². The molecule has 0 aromatic heterocycles. The Morgan fingerprint density at radius 2 is 2.14 bits per heavy atom. The van der Waals surface area contributed by atoms with Gasteiger partial charge in [0.15, 0.2) is 0 Å². The van der Waals surface area contributed by atoms with Gasteiger partial charge in [-0.05, 0) is 25.8 Å². The highest BCUT2D eigenvalue weighted by Gasteiger charge is 2.17. The molecule has 0 aliphatic carbocycles. The van der Waals surface area contributed by atoms with E-state index in [9.17, 15) is 0 Å². The molecule has 0 spiro atoms. The van der Waals surface area contributed by atoms with Crippen molar-refractivity contribution < 1.29 is 0 Å². The van der Waals surface area contributed by atoms with Gasteiger partial charge in [0.1, 0.15) is 0 Å². The second-order valence-electron chi connectivity index (χ2n) is 3.66. The summed E-state index contributed by atoms with van der Waals surface area (Å²) in [5.74, 6) is 0. The molecule has 0 saturated carbocycles. The quantitative estimate of drug-likeness (QED) is 0.653. The van der Waals surface area contributed by atoms with Crippen molar-refractivity contribution in [2.75, 3.05) is 13.1 Å². The third-order valence-corrected chi connectivity index (χ3v) is 2.94. The normalized spacial score (nSPS) is 18.4. The van der Waals surface area contributed by atoms with E-state index < -0.39 is 0 Å². The van der Waals surface area contributed by atoms with E-state index in [4.69, 9.17) is 0 Å². The molecule has 1 nitrogen and oxygen atoms in total. The van der Waals surface area contributed by atoms with E-state index in [1.54, 1.807) is 0 Å². The van der Waals surface area contributed by atoms with Crippen molar-refractivity contribution >= 4 is 5.70 Å². The molecule has 0 saturated heterocycles. The summed E-state index contributed by atoms with van der Waals surface area (Å²) in [6, 6.07) is 8.73. The summed E-state index contributed by atoms with van der Waals surface area (Å²) in [6.45, 7) is 6.61. The Balaban J connectivity index is 2.45. The number of rotatable bonds is 1. The van der Waals surface area contributed by atoms with Crippen LogP contribution in [0.15, 0.2) is 30.3 Å². The molecule has 14 heavy (non-hydrogen) atoms. The SMILES string of the molecule is C/C=C1/c2ccccc2CCN1CC. The fraction of sp³-hybridized carbons (Fsp3) is 0.385. The highest BCUT2D eigenvalue weighted by Crippen LogP contribution is 2.27. The van der Waals surface area contributed by atoms with Crippen LogP contribution >= 0.6 is 0 Å². The van der Waals surface area contributed by atoms with Gasteiger partial charge in [0, 0.05) is 24.4 Å². The van der Waals surface area contributed by atoms with E-state index in [-0.39, 0.29) is 0 Å². The maximum absolute atomic E-state index is 2.45. The Hall–Kier alpha value is -1.24. The molecule has 0 bridgehead atoms. The lowest BCUT2D eigenvalue weighted by Gasteiger charge is -2.32. The van der Waals surface area contributed by atoms with Gasteiger partial charge in [-0.15, -0.1) is 0 Å². The number of fused-ring (bicyclic) bond motifs is 1. The Kier molecular flexibility index (Phi) is 2.58. The first kappa shape index (κ1) is 9.32. The summed E-state index contributed by atoms with van der Waals surface area (Å²) in [5, 5.41) is 0. The second kappa shape index (κ2) is 3.87. The Morgan fingerprint density at radius 1 is 1.36 bits per heavy atom. The third-order valence-electron chi connectivity index (χ3n) is 2.94. The summed E-state index contributed by atoms with van der Waals surface area (Å²) >= 11 is 0. The van der Waals surface area contributed by atoms with Crippen molar-refractivity contribution in [2.45, 2.75) is 20.3 Å². The number of nitrogens with zero attached hydrogens (tertiary/aromatic N) is 1. The largest absolute Gasteiger partial charge is 0.371 e. The zero-order valence-corrected chi connectivity index (χ0v) is 8.96. The average Bonchev–Trinajstić information content (AvgIpc) is 2.27. The van der Waals surface area contributed by atoms with Crippen molar-refractivity contribution in [3.05, 3.63) is 41.5 Å². The van der Waals surface area contributed by atoms with E-state index in [2.05, 4.69) is 49.1 Å². The van der Waals surface area contributed by atoms with Crippen molar-refractivity contribution in [1.82, 2.24) is 4.90 Å². The van der Waals surface area contributed by atoms with Crippen LogP contribution in [0.5, 0.6) is 0 Å². The zero-order valence-electron chi connectivity index (χ0n) is 8.96. The first-order chi connectivity index (χ1) is 6.86. The molecule has 0 N–H and O–H groups in total. The number of allylic oxidation sites excluding steroid dienone is 1. The minimum Gasteiger partial charge on any atom is -0.371 e. The molecule has 1 aliphatic heterocycles. The topological polar surface area (TPSA) is 3.24 Å². The summed E-state index contributed by atoms with van der Waals surface area (Å²) in [7, 11) is 0. The molecule has 0 radical (unpaired) electrons. The molecule has 1 aromatic rings. The van der Waals surface area contributed by atoms with Crippen molar-refractivity contribution in [2.24, 2.45) is 0 Å². The van der Waals surface area contributed by atoms with Gasteiger partial charge in [-0.2, -0.15) is 0 Å². The molecule has 0 atom stereocenters. The summed E-state index contributed by atoms with van der Waals surface area (Å²) < 4.78 is 0. The van der Waals surface area contributed by atoms with Crippen LogP contribution in [0.25, 0.3) is 5.70 Å². The lowest BCUT2D eigenvalue weighted by Crippen LogP contribution is -2.29. The molecular weight excluding hydrogens is 170 g/mol. The molecule has 74 valence electrons. The summed E-state index contributed by atoms with van der Waals surface area (Å²) in [6.07, 6.45) is 3.41. The third kappa shape index (κ3) is 1.43. The molecule has 0 fully saturated rings. The van der Waals surface area contributed by atoms with Gasteiger partial charge in [0.25, 0.3) is 0 Å². The Labute approximate surface area is 86.1 Å². The van der Waals surface area contributed by atoms with Crippen LogP contribution in [0.2, 0.25) is 0 Å². The van der Waals surface area contributed by atoms with Crippen LogP contribution in [0.1, 0.15) is 25.0 Å². The fourth-order valence-electron chi connectivity index (χ4n) is 2.20. The number of benzene rings is 1. The van der Waals surface area contributed by atoms with Crippen molar-refractivity contribution in [3.8, 4) is 0 Å². The van der Waals surface area contributed by atoms with Crippen LogP contribution < -0.4 is 0 Å². The first-order valence-electron chi connectivity index (χ1n) is 5.36. The van der Waals surface area contributed by atoms with E-state index in [1.807, 2.05) is 0 Å². The van der Waals surface area contributed by atoms with Gasteiger partial charge < -0.3 is 4.90 Å². The number of likely N-dealkylation sites (N-methyl/N-ethyl adjacent to an activating group) is 1. The van der Waals surface area contributed by atoms with Crippen molar-refractivity contribution in [3.63, 3.8) is 0 Å². The van der Waals surface area contributed by atoms with E-state index in [0.717, 1.165) is 13.1 Å². The van der Waals surface area contributed by atoms with Gasteiger partial charge in [-0.3, -0.25) is 0 Å². The van der Waals surface area contributed by atoms with E-state index >= 15 is 0 Å². The van der Waals surface area contributed by atoms with Crippen LogP contribution in [-0.2, 0) is 6.42 Å². The zero-order chi connectivity index (χ0) is 9.97. The van der Waals surface area contributed by atoms with E-state index in [0.29, 0.717) is 0 Å². The van der Waals surface area contributed by atoms with Crippen LogP contribution in [-0.4, -0.2) is 18.0 Å². The van der Waals surface area contributed by atoms with Gasteiger partial charge >= 0.3 is 0 Å². The van der Waals surface area contributed by atoms with Crippen LogP contribution in [0, 0.1) is 0 Å². The van der Waals surface area contributed by atoms with Gasteiger partial charge in [0.2, 0.25) is 0 Å². The van der Waals surface area contributed by atoms with Gasteiger partial charge in [-0.25, -0.2) is 0 Å². The van der Waals surface area contributed by atoms with Crippen LogP contribution in [0.3, 0.4) is 0 Å². The molecule has 1 aromatic carbocycles. The highest BCUT2D eigenvalue weighted by atomic mass is 15.1. The van der Waals surface area contributed by atoms with E-state index in [1.165, 1.54) is 23.2 Å². The van der Waals surface area contributed by atoms with Crippen LogP contribution in [0.4, 0.5) is 0 Å². The maximum Gasteiger partial charge on any atom is 0.0399 e. The molecular formula is C13H17N.